The lowest BCUT2D eigenvalue weighted by Gasteiger charge is -2.31. The zero-order valence-corrected chi connectivity index (χ0v) is 18.9. The minimum Gasteiger partial charge on any atom is -0.483 e. The molecule has 1 fully saturated rings. The molecule has 0 amide bonds. The number of hydrogen-bond acceptors (Lipinski definition) is 8. The van der Waals surface area contributed by atoms with E-state index >= 15 is 0 Å². The summed E-state index contributed by atoms with van der Waals surface area (Å²) in [5, 5.41) is 9.51. The van der Waals surface area contributed by atoms with Crippen molar-refractivity contribution in [2.45, 2.75) is 25.4 Å². The fraction of sp³-hybridized carbons (Fsp3) is 0.300. The lowest BCUT2D eigenvalue weighted by molar-refractivity contribution is -0.139. The highest BCUT2D eigenvalue weighted by Gasteiger charge is 2.41. The largest absolute Gasteiger partial charge is 0.483 e. The number of esters is 1. The number of fused-ring (bicyclic) bond motifs is 1. The van der Waals surface area contributed by atoms with Crippen molar-refractivity contribution in [1.29, 1.82) is 0 Å². The van der Waals surface area contributed by atoms with Crippen molar-refractivity contribution < 1.29 is 23.8 Å². The van der Waals surface area contributed by atoms with Crippen LogP contribution < -0.4 is 5.73 Å². The quantitative estimate of drug-likeness (QED) is 0.479. The molecule has 1 aromatic carbocycles. The summed E-state index contributed by atoms with van der Waals surface area (Å²) < 4.78 is 19.5. The van der Waals surface area contributed by atoms with Gasteiger partial charge in [0.2, 0.25) is 0 Å². The van der Waals surface area contributed by atoms with Crippen molar-refractivity contribution in [1.82, 2.24) is 9.88 Å². The van der Waals surface area contributed by atoms with Crippen molar-refractivity contribution in [3.05, 3.63) is 61.9 Å². The highest BCUT2D eigenvalue weighted by atomic mass is 79.9. The van der Waals surface area contributed by atoms with Gasteiger partial charge >= 0.3 is 5.97 Å². The van der Waals surface area contributed by atoms with Crippen molar-refractivity contribution in [2.24, 2.45) is 10.7 Å². The van der Waals surface area contributed by atoms with Crippen LogP contribution in [0.2, 0.25) is 0 Å². The van der Waals surface area contributed by atoms with Gasteiger partial charge in [-0.1, -0.05) is 22.0 Å². The summed E-state index contributed by atoms with van der Waals surface area (Å²) in [5.41, 5.74) is 8.15. The van der Waals surface area contributed by atoms with Crippen molar-refractivity contribution in [3.63, 3.8) is 0 Å². The third kappa shape index (κ3) is 4.83. The van der Waals surface area contributed by atoms with Gasteiger partial charge in [-0.2, -0.15) is 0 Å². The van der Waals surface area contributed by atoms with Gasteiger partial charge in [-0.15, -0.1) is 11.3 Å². The minimum absolute atomic E-state index is 0.125. The highest BCUT2D eigenvalue weighted by Crippen LogP contribution is 2.42. The number of nitrogens with zero attached hydrogens (tertiary/aromatic N) is 3. The van der Waals surface area contributed by atoms with Crippen LogP contribution in [0.4, 0.5) is 4.39 Å². The predicted octanol–water partition coefficient (Wildman–Crippen LogP) is 3.10. The molecule has 1 saturated heterocycles. The Bertz CT molecular complexity index is 1030. The van der Waals surface area contributed by atoms with Gasteiger partial charge in [0.1, 0.15) is 11.9 Å². The number of amidine groups is 1. The maximum absolute atomic E-state index is 13.7. The molecule has 0 aliphatic carbocycles. The number of benzene rings is 1. The lowest BCUT2D eigenvalue weighted by Crippen LogP contribution is -2.36. The van der Waals surface area contributed by atoms with Crippen molar-refractivity contribution >= 4 is 45.5 Å². The van der Waals surface area contributed by atoms with E-state index in [2.05, 4.69) is 20.9 Å². The van der Waals surface area contributed by atoms with Crippen LogP contribution in [-0.2, 0) is 14.3 Å². The monoisotopic (exact) mass is 510 g/mol. The molecule has 3 N–H and O–H groups in total. The molecule has 2 aliphatic rings. The number of halogens is 2. The molecule has 0 bridgehead atoms. The van der Waals surface area contributed by atoms with Crippen LogP contribution in [0.15, 0.2) is 50.5 Å². The molecule has 11 heteroatoms. The summed E-state index contributed by atoms with van der Waals surface area (Å²) in [5.74, 6) is -0.127. The molecule has 0 radical (unpaired) electrons. The first kappa shape index (κ1) is 23.0. The number of rotatable bonds is 4. The topological polar surface area (TPSA) is 118 Å². The normalized spacial score (nSPS) is 19.9. The summed E-state index contributed by atoms with van der Waals surface area (Å²) in [7, 11) is 0. The van der Waals surface area contributed by atoms with E-state index in [1.165, 1.54) is 23.5 Å². The molecule has 8 nitrogen and oxygen atoms in total. The predicted molar refractivity (Wildman–Crippen MR) is 117 cm³/mol. The molecule has 2 atom stereocenters. The molecule has 1 aromatic heterocycles. The van der Waals surface area contributed by atoms with E-state index < -0.39 is 12.0 Å². The zero-order chi connectivity index (χ0) is 22.5. The summed E-state index contributed by atoms with van der Waals surface area (Å²) >= 11 is 4.88. The fourth-order valence-corrected chi connectivity index (χ4v) is 4.75. The van der Waals surface area contributed by atoms with Gasteiger partial charge in [-0.25, -0.2) is 14.2 Å². The Morgan fingerprint density at radius 1 is 1.52 bits per heavy atom. The van der Waals surface area contributed by atoms with E-state index in [0.717, 1.165) is 10.7 Å². The van der Waals surface area contributed by atoms with Crippen LogP contribution in [0.25, 0.3) is 0 Å². The van der Waals surface area contributed by atoms with Crippen molar-refractivity contribution in [2.75, 3.05) is 13.2 Å². The molecular formula is C20H20BrFN4O4S. The van der Waals surface area contributed by atoms with E-state index in [-0.39, 0.29) is 24.9 Å². The lowest BCUT2D eigenvalue weighted by atomic mass is 9.94. The summed E-state index contributed by atoms with van der Waals surface area (Å²) in [6.45, 7) is 2.31. The molecule has 0 unspecified atom stereocenters. The van der Waals surface area contributed by atoms with Crippen LogP contribution in [0.1, 0.15) is 30.0 Å². The zero-order valence-electron chi connectivity index (χ0n) is 16.5. The third-order valence-electron chi connectivity index (χ3n) is 4.67. The van der Waals surface area contributed by atoms with Crippen molar-refractivity contribution in [3.8, 4) is 0 Å². The Kier molecular flexibility index (Phi) is 7.52. The molecule has 2 aliphatic heterocycles. The van der Waals surface area contributed by atoms with Gasteiger partial charge in [0.15, 0.2) is 10.8 Å². The van der Waals surface area contributed by atoms with E-state index in [9.17, 15) is 9.18 Å². The molecule has 2 aromatic rings. The van der Waals surface area contributed by atoms with E-state index in [4.69, 9.17) is 25.4 Å². The number of hydrogen-bond donors (Lipinski definition) is 2. The summed E-state index contributed by atoms with van der Waals surface area (Å²) in [4.78, 5) is 32.5. The first-order valence-corrected chi connectivity index (χ1v) is 11.0. The molecular weight excluding hydrogens is 491 g/mol. The standard InChI is InChI=1S/C19H18BrFN4O2S.CH2O2/c1-2-27-19(26)15-14-8-11(22)9-25(14)17(18-23-5-6-28-18)24-16(15)12-4-3-10(21)7-13(12)20;2-1-3/h3-7,11,16H,2,8-9,22H2,1H3;1H,(H,2,3)/t11-,16-;/m0./s1. The first-order chi connectivity index (χ1) is 14.9. The maximum atomic E-state index is 13.7. The smallest absolute Gasteiger partial charge is 0.338 e. The van der Waals surface area contributed by atoms with Gasteiger partial charge in [0.05, 0.1) is 12.2 Å². The second kappa shape index (κ2) is 10.1. The highest BCUT2D eigenvalue weighted by molar-refractivity contribution is 9.10. The van der Waals surface area contributed by atoms with Crippen LogP contribution in [0.5, 0.6) is 0 Å². The average Bonchev–Trinajstić information content (AvgIpc) is 3.37. The second-order valence-corrected chi connectivity index (χ2v) is 8.37. The number of nitrogens with two attached hydrogens (primary N) is 1. The van der Waals surface area contributed by atoms with Gasteiger partial charge in [-0.3, -0.25) is 9.79 Å². The number of aliphatic imine (C=N–C) groups is 1. The van der Waals surface area contributed by atoms with Gasteiger partial charge in [0, 0.05) is 40.8 Å². The average molecular weight is 511 g/mol. The minimum atomic E-state index is -0.635. The molecule has 3 heterocycles. The number of ether oxygens (including phenoxy) is 1. The fourth-order valence-electron chi connectivity index (χ4n) is 3.54. The Hall–Kier alpha value is -2.63. The second-order valence-electron chi connectivity index (χ2n) is 6.62. The Labute approximate surface area is 190 Å². The van der Waals surface area contributed by atoms with Gasteiger partial charge in [-0.05, 0) is 24.6 Å². The molecule has 0 spiro atoms. The summed E-state index contributed by atoms with van der Waals surface area (Å²) in [6, 6.07) is 3.61. The molecule has 164 valence electrons. The van der Waals surface area contributed by atoms with Crippen LogP contribution in [0, 0.1) is 5.82 Å². The number of thiazole rings is 1. The van der Waals surface area contributed by atoms with E-state index in [1.807, 2.05) is 10.3 Å². The first-order valence-electron chi connectivity index (χ1n) is 9.34. The SMILES string of the molecule is CCOC(=O)C1=C2C[C@H](N)CN2C(c2nccs2)=N[C@H]1c1ccc(F)cc1Br.O=CO. The number of carbonyl (C=O) groups excluding carboxylic acids is 1. The Morgan fingerprint density at radius 3 is 2.87 bits per heavy atom. The van der Waals surface area contributed by atoms with E-state index in [1.54, 1.807) is 19.2 Å². The Balaban J connectivity index is 0.000000858. The molecule has 0 saturated carbocycles. The molecule has 31 heavy (non-hydrogen) atoms. The maximum Gasteiger partial charge on any atom is 0.338 e. The molecule has 4 rings (SSSR count). The number of aromatic nitrogens is 1. The van der Waals surface area contributed by atoms with Gasteiger partial charge in [0.25, 0.3) is 6.47 Å². The van der Waals surface area contributed by atoms with Crippen LogP contribution in [0.3, 0.4) is 0 Å². The van der Waals surface area contributed by atoms with Crippen LogP contribution in [-0.4, -0.2) is 52.5 Å². The Morgan fingerprint density at radius 2 is 2.26 bits per heavy atom. The number of carboxylic acid groups (broad SMARTS) is 1. The van der Waals surface area contributed by atoms with Gasteiger partial charge < -0.3 is 20.5 Å². The third-order valence-corrected chi connectivity index (χ3v) is 6.12. The van der Waals surface area contributed by atoms with E-state index in [0.29, 0.717) is 34.4 Å². The number of carbonyl (C=O) groups is 2. The summed E-state index contributed by atoms with van der Waals surface area (Å²) in [6.07, 6.45) is 2.25. The van der Waals surface area contributed by atoms with Crippen LogP contribution >= 0.6 is 27.3 Å².